The highest BCUT2D eigenvalue weighted by atomic mass is 16.5. The Labute approximate surface area is 145 Å². The van der Waals surface area contributed by atoms with Crippen LogP contribution in [-0.2, 0) is 11.2 Å². The number of likely N-dealkylation sites (tertiary alicyclic amines) is 1. The van der Waals surface area contributed by atoms with Crippen LogP contribution in [0.25, 0.3) is 0 Å². The van der Waals surface area contributed by atoms with Crippen molar-refractivity contribution in [2.24, 2.45) is 0 Å². The van der Waals surface area contributed by atoms with Gasteiger partial charge >= 0.3 is 0 Å². The van der Waals surface area contributed by atoms with Gasteiger partial charge in [0.1, 0.15) is 5.75 Å². The monoisotopic (exact) mass is 333 g/mol. The Balaban J connectivity index is 1.51. The van der Waals surface area contributed by atoms with Gasteiger partial charge < -0.3 is 14.6 Å². The van der Waals surface area contributed by atoms with Crippen LogP contribution in [0.5, 0.6) is 5.75 Å². The maximum Gasteiger partial charge on any atom is 0.121 e. The summed E-state index contributed by atoms with van der Waals surface area (Å²) >= 11 is 0. The Hall–Kier alpha value is -1.10. The van der Waals surface area contributed by atoms with Gasteiger partial charge in [0.15, 0.2) is 0 Å². The van der Waals surface area contributed by atoms with Gasteiger partial charge in [-0.3, -0.25) is 4.90 Å². The van der Waals surface area contributed by atoms with Gasteiger partial charge in [-0.25, -0.2) is 0 Å². The molecular weight excluding hydrogens is 302 g/mol. The summed E-state index contributed by atoms with van der Waals surface area (Å²) < 4.78 is 11.6. The second-order valence-corrected chi connectivity index (χ2v) is 7.25. The fourth-order valence-electron chi connectivity index (χ4n) is 4.18. The lowest BCUT2D eigenvalue weighted by molar-refractivity contribution is -0.0316. The molecule has 0 aromatic heterocycles. The summed E-state index contributed by atoms with van der Waals surface area (Å²) in [4.78, 5) is 2.45. The summed E-state index contributed by atoms with van der Waals surface area (Å²) in [6.07, 6.45) is 6.94. The fraction of sp³-hybridized carbons (Fsp3) is 0.700. The topological polar surface area (TPSA) is 41.9 Å². The number of benzene rings is 1. The van der Waals surface area contributed by atoms with Gasteiger partial charge in [-0.15, -0.1) is 0 Å². The summed E-state index contributed by atoms with van der Waals surface area (Å²) in [6.45, 7) is 4.69. The Bertz CT molecular complexity index is 534. The van der Waals surface area contributed by atoms with E-state index in [2.05, 4.69) is 24.0 Å². The molecule has 1 saturated carbocycles. The van der Waals surface area contributed by atoms with Crippen molar-refractivity contribution in [1.29, 1.82) is 0 Å². The number of hydrogen-bond acceptors (Lipinski definition) is 4. The molecule has 1 N–H and O–H groups in total. The fourth-order valence-corrected chi connectivity index (χ4v) is 4.18. The van der Waals surface area contributed by atoms with Crippen LogP contribution in [0, 0.1) is 6.92 Å². The van der Waals surface area contributed by atoms with Gasteiger partial charge in [0.05, 0.1) is 25.9 Å². The van der Waals surface area contributed by atoms with Crippen molar-refractivity contribution in [3.05, 3.63) is 29.3 Å². The first-order valence-electron chi connectivity index (χ1n) is 9.34. The highest BCUT2D eigenvalue weighted by Gasteiger charge is 2.34. The van der Waals surface area contributed by atoms with E-state index in [0.717, 1.165) is 44.7 Å². The first kappa shape index (κ1) is 17.7. The lowest BCUT2D eigenvalue weighted by Crippen LogP contribution is -2.46. The first-order valence-corrected chi connectivity index (χ1v) is 9.34. The minimum absolute atomic E-state index is 0.144. The molecule has 0 bridgehead atoms. The molecular formula is C20H31NO3. The van der Waals surface area contributed by atoms with Crippen molar-refractivity contribution in [3.63, 3.8) is 0 Å². The molecule has 4 nitrogen and oxygen atoms in total. The summed E-state index contributed by atoms with van der Waals surface area (Å²) in [7, 11) is 1.71. The zero-order chi connectivity index (χ0) is 16.9. The van der Waals surface area contributed by atoms with Crippen LogP contribution in [0.4, 0.5) is 0 Å². The zero-order valence-corrected chi connectivity index (χ0v) is 15.0. The van der Waals surface area contributed by atoms with Crippen LogP contribution in [-0.4, -0.2) is 55.1 Å². The summed E-state index contributed by atoms with van der Waals surface area (Å²) in [5.41, 5.74) is 2.48. The lowest BCUT2D eigenvalue weighted by atomic mass is 9.91. The predicted octanol–water partition coefficient (Wildman–Crippen LogP) is 2.94. The molecule has 3 unspecified atom stereocenters. The molecule has 1 aromatic carbocycles. The molecule has 0 amide bonds. The minimum atomic E-state index is -0.144. The quantitative estimate of drug-likeness (QED) is 0.869. The summed E-state index contributed by atoms with van der Waals surface area (Å²) in [5, 5.41) is 9.82. The number of nitrogens with zero attached hydrogens (tertiary/aromatic N) is 1. The maximum atomic E-state index is 9.82. The number of methoxy groups -OCH3 is 1. The van der Waals surface area contributed by atoms with Crippen molar-refractivity contribution < 1.29 is 14.6 Å². The number of rotatable bonds is 6. The number of aliphatic hydroxyl groups is 1. The second-order valence-electron chi connectivity index (χ2n) is 7.25. The van der Waals surface area contributed by atoms with Gasteiger partial charge in [-0.1, -0.05) is 25.0 Å². The summed E-state index contributed by atoms with van der Waals surface area (Å²) in [5.74, 6) is 0.944. The number of aryl methyl sites for hydroxylation is 1. The minimum Gasteiger partial charge on any atom is -0.496 e. The molecule has 4 heteroatoms. The maximum absolute atomic E-state index is 9.82. The van der Waals surface area contributed by atoms with E-state index in [0.29, 0.717) is 12.1 Å². The van der Waals surface area contributed by atoms with Crippen LogP contribution in [0.15, 0.2) is 18.2 Å². The van der Waals surface area contributed by atoms with E-state index in [4.69, 9.17) is 9.47 Å². The molecule has 2 fully saturated rings. The van der Waals surface area contributed by atoms with Gasteiger partial charge in [0.25, 0.3) is 0 Å². The van der Waals surface area contributed by atoms with Crippen molar-refractivity contribution in [2.45, 2.75) is 63.7 Å². The van der Waals surface area contributed by atoms with Gasteiger partial charge in [-0.05, 0) is 49.8 Å². The molecule has 0 spiro atoms. The molecule has 134 valence electrons. The van der Waals surface area contributed by atoms with Crippen LogP contribution >= 0.6 is 0 Å². The summed E-state index contributed by atoms with van der Waals surface area (Å²) in [6, 6.07) is 6.86. The molecule has 1 aliphatic carbocycles. The molecule has 2 aliphatic rings. The predicted molar refractivity (Wildman–Crippen MR) is 95.6 cm³/mol. The molecule has 1 saturated heterocycles. The van der Waals surface area contributed by atoms with Crippen molar-refractivity contribution in [1.82, 2.24) is 4.90 Å². The van der Waals surface area contributed by atoms with Gasteiger partial charge in [0, 0.05) is 19.1 Å². The Morgan fingerprint density at radius 1 is 1.21 bits per heavy atom. The van der Waals surface area contributed by atoms with Crippen molar-refractivity contribution >= 4 is 0 Å². The average Bonchev–Trinajstić information content (AvgIpc) is 3.02. The third kappa shape index (κ3) is 4.29. The molecule has 3 atom stereocenters. The van der Waals surface area contributed by atoms with Crippen LogP contribution < -0.4 is 4.74 Å². The van der Waals surface area contributed by atoms with E-state index in [1.54, 1.807) is 7.11 Å². The van der Waals surface area contributed by atoms with Crippen LogP contribution in [0.1, 0.15) is 43.2 Å². The lowest BCUT2D eigenvalue weighted by Gasteiger charge is -2.37. The van der Waals surface area contributed by atoms with E-state index in [-0.39, 0.29) is 6.10 Å². The van der Waals surface area contributed by atoms with E-state index in [1.165, 1.54) is 30.4 Å². The standard InChI is InChI=1S/C20H31NO3/c1-15-13-16(7-8-19(15)23-2)10-12-24-20-6-4-3-5-18(20)21-11-9-17(22)14-21/h7-8,13,17-18,20,22H,3-6,9-12,14H2,1-2H3. The Kier molecular flexibility index (Phi) is 6.14. The number of hydrogen-bond donors (Lipinski definition) is 1. The van der Waals surface area contributed by atoms with Gasteiger partial charge in [-0.2, -0.15) is 0 Å². The zero-order valence-electron chi connectivity index (χ0n) is 15.0. The molecule has 1 aliphatic heterocycles. The third-order valence-corrected chi connectivity index (χ3v) is 5.51. The smallest absolute Gasteiger partial charge is 0.121 e. The molecule has 24 heavy (non-hydrogen) atoms. The average molecular weight is 333 g/mol. The first-order chi connectivity index (χ1) is 11.7. The SMILES string of the molecule is COc1ccc(CCOC2CCCCC2N2CCC(O)C2)cc1C. The third-order valence-electron chi connectivity index (χ3n) is 5.51. The Morgan fingerprint density at radius 3 is 2.75 bits per heavy atom. The number of ether oxygens (including phenoxy) is 2. The molecule has 0 radical (unpaired) electrons. The van der Waals surface area contributed by atoms with E-state index in [9.17, 15) is 5.11 Å². The van der Waals surface area contributed by atoms with Crippen molar-refractivity contribution in [2.75, 3.05) is 26.8 Å². The normalized spacial score (nSPS) is 28.2. The Morgan fingerprint density at radius 2 is 2.04 bits per heavy atom. The number of aliphatic hydroxyl groups excluding tert-OH is 1. The molecule has 1 aromatic rings. The van der Waals surface area contributed by atoms with Crippen LogP contribution in [0.2, 0.25) is 0 Å². The molecule has 1 heterocycles. The van der Waals surface area contributed by atoms with Gasteiger partial charge in [0.2, 0.25) is 0 Å². The van der Waals surface area contributed by atoms with E-state index >= 15 is 0 Å². The number of β-amino-alcohol motifs (C(OH)–C–C–N with tert-alkyl or cyclic N) is 1. The molecule has 3 rings (SSSR count). The highest BCUT2D eigenvalue weighted by Crippen LogP contribution is 2.28. The van der Waals surface area contributed by atoms with E-state index < -0.39 is 0 Å². The largest absolute Gasteiger partial charge is 0.496 e. The van der Waals surface area contributed by atoms with E-state index in [1.807, 2.05) is 6.07 Å². The second kappa shape index (κ2) is 8.32. The highest BCUT2D eigenvalue weighted by molar-refractivity contribution is 5.36. The van der Waals surface area contributed by atoms with Crippen molar-refractivity contribution in [3.8, 4) is 5.75 Å². The van der Waals surface area contributed by atoms with Crippen LogP contribution in [0.3, 0.4) is 0 Å².